The van der Waals surface area contributed by atoms with Gasteiger partial charge in [-0.2, -0.15) is 0 Å². The molecule has 0 fully saturated rings. The largest absolute Gasteiger partial charge is 0.454 e. The molecule has 0 aliphatic carbocycles. The summed E-state index contributed by atoms with van der Waals surface area (Å²) in [5.41, 5.74) is -0.0168. The number of rotatable bonds is 3. The third kappa shape index (κ3) is 2.95. The summed E-state index contributed by atoms with van der Waals surface area (Å²) in [6.07, 6.45) is -0.229. The second-order valence-electron chi connectivity index (χ2n) is 5.74. The molecule has 144 valence electrons. The van der Waals surface area contributed by atoms with Crippen molar-refractivity contribution in [3.05, 3.63) is 55.0 Å². The van der Waals surface area contributed by atoms with Crippen molar-refractivity contribution in [2.75, 3.05) is 6.79 Å². The van der Waals surface area contributed by atoms with E-state index in [4.69, 9.17) is 60.7 Å². The van der Waals surface area contributed by atoms with E-state index in [1.165, 1.54) is 0 Å². The molecular weight excluding hydrogens is 456 g/mol. The van der Waals surface area contributed by atoms with Gasteiger partial charge in [-0.15, -0.1) is 0 Å². The highest BCUT2D eigenvalue weighted by Gasteiger charge is 2.44. The van der Waals surface area contributed by atoms with Crippen LogP contribution in [0, 0.1) is 0 Å². The van der Waals surface area contributed by atoms with Gasteiger partial charge >= 0.3 is 5.97 Å². The predicted octanol–water partition coefficient (Wildman–Crippen LogP) is 4.33. The molecule has 2 aliphatic rings. The SMILES string of the molecule is O=C(Cc1ccc2c(c1)OCO2)ON1C(=O)c2c(Cl)c(Cl)c(Cl)c(Cl)c2C1=O. The van der Waals surface area contributed by atoms with E-state index < -0.39 is 17.8 Å². The molecule has 7 nitrogen and oxygen atoms in total. The number of carbonyl (C=O) groups excluding carboxylic acids is 3. The van der Waals surface area contributed by atoms with Crippen molar-refractivity contribution in [1.82, 2.24) is 5.06 Å². The number of amides is 2. The number of hydrogen-bond acceptors (Lipinski definition) is 6. The Bertz CT molecular complexity index is 1020. The first-order chi connectivity index (χ1) is 13.3. The van der Waals surface area contributed by atoms with Gasteiger partial charge in [-0.05, 0) is 17.7 Å². The zero-order chi connectivity index (χ0) is 20.2. The van der Waals surface area contributed by atoms with Gasteiger partial charge in [0, 0.05) is 0 Å². The lowest BCUT2D eigenvalue weighted by Crippen LogP contribution is -2.33. The van der Waals surface area contributed by atoms with Crippen LogP contribution in [0.4, 0.5) is 0 Å². The van der Waals surface area contributed by atoms with Gasteiger partial charge in [0.15, 0.2) is 11.5 Å². The maximum absolute atomic E-state index is 12.5. The summed E-state index contributed by atoms with van der Waals surface area (Å²) >= 11 is 23.9. The van der Waals surface area contributed by atoms with E-state index >= 15 is 0 Å². The van der Waals surface area contributed by atoms with Crippen molar-refractivity contribution in [3.8, 4) is 11.5 Å². The van der Waals surface area contributed by atoms with Crippen molar-refractivity contribution in [2.45, 2.75) is 6.42 Å². The summed E-state index contributed by atoms with van der Waals surface area (Å²) < 4.78 is 10.4. The van der Waals surface area contributed by atoms with Crippen LogP contribution < -0.4 is 9.47 Å². The third-order valence-corrected chi connectivity index (χ3v) is 5.84. The second kappa shape index (κ2) is 7.00. The Balaban J connectivity index is 1.56. The predicted molar refractivity (Wildman–Crippen MR) is 99.3 cm³/mol. The van der Waals surface area contributed by atoms with Crippen LogP contribution in [0.2, 0.25) is 20.1 Å². The van der Waals surface area contributed by atoms with E-state index in [1.807, 2.05) is 0 Å². The molecule has 2 aliphatic heterocycles. The Morgan fingerprint density at radius 1 is 0.929 bits per heavy atom. The maximum Gasteiger partial charge on any atom is 0.337 e. The topological polar surface area (TPSA) is 82.1 Å². The number of carbonyl (C=O) groups is 3. The molecule has 0 spiro atoms. The molecular formula is C17H7Cl4NO6. The van der Waals surface area contributed by atoms with Gasteiger partial charge in [-0.25, -0.2) is 4.79 Å². The number of benzene rings is 2. The van der Waals surface area contributed by atoms with Crippen LogP contribution in [0.1, 0.15) is 26.3 Å². The van der Waals surface area contributed by atoms with Gasteiger partial charge in [0.1, 0.15) is 0 Å². The van der Waals surface area contributed by atoms with E-state index in [0.717, 1.165) is 0 Å². The van der Waals surface area contributed by atoms with E-state index in [2.05, 4.69) is 0 Å². The Kier molecular flexibility index (Phi) is 4.79. The summed E-state index contributed by atoms with van der Waals surface area (Å²) in [5, 5.41) is -0.578. The highest BCUT2D eigenvalue weighted by atomic mass is 35.5. The van der Waals surface area contributed by atoms with Crippen LogP contribution in [0.5, 0.6) is 11.5 Å². The monoisotopic (exact) mass is 461 g/mol. The fourth-order valence-electron chi connectivity index (χ4n) is 2.76. The average Bonchev–Trinajstić information content (AvgIpc) is 3.22. The number of hydroxylamine groups is 2. The molecule has 0 radical (unpaired) electrons. The minimum Gasteiger partial charge on any atom is -0.454 e. The van der Waals surface area contributed by atoms with E-state index in [0.29, 0.717) is 17.1 Å². The smallest absolute Gasteiger partial charge is 0.337 e. The average molecular weight is 463 g/mol. The van der Waals surface area contributed by atoms with E-state index in [1.54, 1.807) is 18.2 Å². The summed E-state index contributed by atoms with van der Waals surface area (Å²) in [7, 11) is 0. The molecule has 28 heavy (non-hydrogen) atoms. The fourth-order valence-corrected chi connectivity index (χ4v) is 3.78. The Morgan fingerprint density at radius 3 is 2.11 bits per heavy atom. The van der Waals surface area contributed by atoms with Gasteiger partial charge in [0.25, 0.3) is 11.8 Å². The van der Waals surface area contributed by atoms with Gasteiger partial charge in [-0.3, -0.25) is 9.59 Å². The third-order valence-electron chi connectivity index (χ3n) is 4.04. The molecule has 0 saturated carbocycles. The van der Waals surface area contributed by atoms with Crippen molar-refractivity contribution in [1.29, 1.82) is 0 Å². The first-order valence-electron chi connectivity index (χ1n) is 7.63. The lowest BCUT2D eigenvalue weighted by Gasteiger charge is -2.12. The molecule has 0 N–H and O–H groups in total. The molecule has 4 rings (SSSR count). The van der Waals surface area contributed by atoms with Crippen molar-refractivity contribution in [2.24, 2.45) is 0 Å². The molecule has 2 amide bonds. The lowest BCUT2D eigenvalue weighted by atomic mass is 10.1. The zero-order valence-electron chi connectivity index (χ0n) is 13.6. The minimum atomic E-state index is -0.968. The van der Waals surface area contributed by atoms with E-state index in [-0.39, 0.29) is 49.5 Å². The van der Waals surface area contributed by atoms with Crippen molar-refractivity contribution in [3.63, 3.8) is 0 Å². The number of halogens is 4. The Morgan fingerprint density at radius 2 is 1.50 bits per heavy atom. The summed E-state index contributed by atoms with van der Waals surface area (Å²) in [4.78, 5) is 42.3. The fraction of sp³-hybridized carbons (Fsp3) is 0.118. The molecule has 0 saturated heterocycles. The Hall–Kier alpha value is -2.19. The quantitative estimate of drug-likeness (QED) is 0.383. The summed E-state index contributed by atoms with van der Waals surface area (Å²) in [6, 6.07) is 4.86. The van der Waals surface area contributed by atoms with Crippen LogP contribution in [-0.4, -0.2) is 29.6 Å². The van der Waals surface area contributed by atoms with Gasteiger partial charge in [0.2, 0.25) is 6.79 Å². The van der Waals surface area contributed by atoms with Crippen molar-refractivity contribution >= 4 is 64.2 Å². The normalized spacial score (nSPS) is 14.5. The summed E-state index contributed by atoms with van der Waals surface area (Å²) in [6.45, 7) is 0.0882. The number of nitrogens with zero attached hydrogens (tertiary/aromatic N) is 1. The van der Waals surface area contributed by atoms with Crippen LogP contribution in [0.15, 0.2) is 18.2 Å². The molecule has 2 aromatic rings. The van der Waals surface area contributed by atoms with Crippen LogP contribution in [-0.2, 0) is 16.1 Å². The lowest BCUT2D eigenvalue weighted by molar-refractivity contribution is -0.167. The first-order valence-corrected chi connectivity index (χ1v) is 9.14. The molecule has 0 atom stereocenters. The standard InChI is InChI=1S/C17H7Cl4NO6/c18-12-10-11(13(19)15(21)14(12)20)17(25)22(16(10)24)28-9(23)4-6-1-2-7-8(3-6)27-5-26-7/h1-3H,4-5H2. The van der Waals surface area contributed by atoms with Crippen molar-refractivity contribution < 1.29 is 28.7 Å². The number of imide groups is 1. The molecule has 0 unspecified atom stereocenters. The summed E-state index contributed by atoms with van der Waals surface area (Å²) in [5.74, 6) is -1.77. The molecule has 11 heteroatoms. The maximum atomic E-state index is 12.5. The van der Waals surface area contributed by atoms with Crippen LogP contribution >= 0.6 is 46.4 Å². The molecule has 2 heterocycles. The highest BCUT2D eigenvalue weighted by molar-refractivity contribution is 6.55. The number of hydrogen-bond donors (Lipinski definition) is 0. The Labute approximate surface area is 177 Å². The first kappa shape index (κ1) is 19.1. The van der Waals surface area contributed by atoms with E-state index in [9.17, 15) is 14.4 Å². The van der Waals surface area contributed by atoms with Gasteiger partial charge in [0.05, 0.1) is 37.6 Å². The molecule has 0 bridgehead atoms. The highest BCUT2D eigenvalue weighted by Crippen LogP contribution is 2.44. The zero-order valence-corrected chi connectivity index (χ0v) is 16.6. The number of ether oxygens (including phenoxy) is 2. The van der Waals surface area contributed by atoms with Gasteiger partial charge < -0.3 is 14.3 Å². The van der Waals surface area contributed by atoms with Crippen LogP contribution in [0.25, 0.3) is 0 Å². The van der Waals surface area contributed by atoms with Gasteiger partial charge in [-0.1, -0.05) is 57.5 Å². The minimum absolute atomic E-state index is 0.0882. The molecule has 2 aromatic carbocycles. The molecule has 0 aromatic heterocycles. The second-order valence-corrected chi connectivity index (χ2v) is 7.25. The van der Waals surface area contributed by atoms with Crippen LogP contribution in [0.3, 0.4) is 0 Å². The number of fused-ring (bicyclic) bond motifs is 2.